The van der Waals surface area contributed by atoms with Crippen LogP contribution in [0.25, 0.3) is 0 Å². The molecule has 4 aliphatic carbocycles. The molecule has 272 valence electrons. The fraction of sp³-hybridized carbons (Fsp3) is 0.905. The Bertz CT molecular complexity index is 878. The van der Waals surface area contributed by atoms with Gasteiger partial charge in [0.1, 0.15) is 0 Å². The van der Waals surface area contributed by atoms with E-state index in [1.807, 2.05) is 10.1 Å². The summed E-state index contributed by atoms with van der Waals surface area (Å²) < 4.78 is 0. The number of carbonyl (C=O) groups excluding carboxylic acids is 2. The number of rotatable bonds is 12. The highest BCUT2D eigenvalue weighted by Crippen LogP contribution is 2.45. The Balaban J connectivity index is 1.02. The normalized spacial score (nSPS) is 28.7. The van der Waals surface area contributed by atoms with Crippen LogP contribution in [0.1, 0.15) is 180 Å². The zero-order valence-electron chi connectivity index (χ0n) is 30.5. The van der Waals surface area contributed by atoms with Gasteiger partial charge in [-0.15, -0.1) is 10.1 Å². The van der Waals surface area contributed by atoms with Gasteiger partial charge in [0.15, 0.2) is 0 Å². The molecule has 0 radical (unpaired) electrons. The fourth-order valence-corrected chi connectivity index (χ4v) is 11.5. The minimum atomic E-state index is -0.435. The lowest BCUT2D eigenvalue weighted by Gasteiger charge is -2.42. The zero-order valence-corrected chi connectivity index (χ0v) is 30.5. The second-order valence-electron chi connectivity index (χ2n) is 17.1. The molecule has 0 aromatic rings. The van der Waals surface area contributed by atoms with E-state index in [4.69, 9.17) is 9.68 Å². The van der Waals surface area contributed by atoms with Crippen molar-refractivity contribution < 1.29 is 19.3 Å². The lowest BCUT2D eigenvalue weighted by molar-refractivity contribution is -0.207. The minimum absolute atomic E-state index is 0.298. The second-order valence-corrected chi connectivity index (χ2v) is 17.1. The zero-order chi connectivity index (χ0) is 33.0. The van der Waals surface area contributed by atoms with E-state index in [-0.39, 0.29) is 0 Å². The molecule has 2 saturated heterocycles. The predicted octanol–water partition coefficient (Wildman–Crippen LogP) is 10.5. The van der Waals surface area contributed by atoms with Crippen LogP contribution in [0.3, 0.4) is 0 Å². The molecule has 6 fully saturated rings. The van der Waals surface area contributed by atoms with Crippen LogP contribution in [-0.2, 0) is 19.3 Å². The molecule has 2 heterocycles. The molecule has 6 aliphatic rings. The van der Waals surface area contributed by atoms with Crippen molar-refractivity contribution in [3.8, 4) is 0 Å². The van der Waals surface area contributed by atoms with Crippen LogP contribution in [0.5, 0.6) is 0 Å². The van der Waals surface area contributed by atoms with E-state index in [1.165, 1.54) is 153 Å². The number of carbonyl (C=O) groups is 2. The third kappa shape index (κ3) is 10.6. The van der Waals surface area contributed by atoms with E-state index in [1.54, 1.807) is 0 Å². The topological polar surface area (TPSA) is 59.1 Å². The summed E-state index contributed by atoms with van der Waals surface area (Å²) in [5, 5.41) is 4.00. The summed E-state index contributed by atoms with van der Waals surface area (Å²) in [4.78, 5) is 38.3. The van der Waals surface area contributed by atoms with Gasteiger partial charge in [-0.3, -0.25) is 0 Å². The molecule has 6 rings (SSSR count). The molecular formula is C42H70N2O4. The number of piperidine rings is 2. The predicted molar refractivity (Wildman–Crippen MR) is 193 cm³/mol. The Morgan fingerprint density at radius 3 is 1.04 bits per heavy atom. The summed E-state index contributed by atoms with van der Waals surface area (Å²) in [6.07, 6.45) is 39.5. The van der Waals surface area contributed by atoms with Crippen LogP contribution in [0.2, 0.25) is 0 Å². The van der Waals surface area contributed by atoms with Crippen LogP contribution in [0, 0.1) is 35.5 Å². The average molecular weight is 667 g/mol. The lowest BCUT2D eigenvalue weighted by atomic mass is 9.67. The van der Waals surface area contributed by atoms with E-state index in [2.05, 4.69) is 0 Å². The Morgan fingerprint density at radius 1 is 0.438 bits per heavy atom. The van der Waals surface area contributed by atoms with Crippen molar-refractivity contribution in [3.63, 3.8) is 0 Å². The van der Waals surface area contributed by atoms with Crippen molar-refractivity contribution in [1.82, 2.24) is 10.1 Å². The van der Waals surface area contributed by atoms with E-state index < -0.39 is 11.9 Å². The monoisotopic (exact) mass is 667 g/mol. The smallest absolute Gasteiger partial charge is 0.349 e. The van der Waals surface area contributed by atoms with Gasteiger partial charge in [-0.05, 0) is 74.0 Å². The third-order valence-electron chi connectivity index (χ3n) is 14.0. The first kappa shape index (κ1) is 36.4. The molecule has 0 aromatic carbocycles. The molecular weight excluding hydrogens is 596 g/mol. The molecule has 2 atom stereocenters. The Morgan fingerprint density at radius 2 is 0.729 bits per heavy atom. The van der Waals surface area contributed by atoms with Crippen LogP contribution >= 0.6 is 0 Å². The summed E-state index contributed by atoms with van der Waals surface area (Å²) in [5.41, 5.74) is 0. The molecule has 6 heteroatoms. The van der Waals surface area contributed by atoms with E-state index in [9.17, 15) is 9.59 Å². The van der Waals surface area contributed by atoms with Crippen LogP contribution in [0.15, 0.2) is 12.2 Å². The van der Waals surface area contributed by atoms with E-state index in [0.29, 0.717) is 12.1 Å². The minimum Gasteiger partial charge on any atom is -0.364 e. The highest BCUT2D eigenvalue weighted by atomic mass is 16.7. The molecule has 2 unspecified atom stereocenters. The van der Waals surface area contributed by atoms with Crippen molar-refractivity contribution in [2.45, 2.75) is 192 Å². The van der Waals surface area contributed by atoms with Crippen molar-refractivity contribution in [2.24, 2.45) is 35.5 Å². The van der Waals surface area contributed by atoms with Gasteiger partial charge in [0.2, 0.25) is 0 Å². The summed E-state index contributed by atoms with van der Waals surface area (Å²) >= 11 is 0. The highest BCUT2D eigenvalue weighted by molar-refractivity contribution is 5.91. The van der Waals surface area contributed by atoms with Crippen molar-refractivity contribution in [1.29, 1.82) is 0 Å². The average Bonchev–Trinajstić information content (AvgIpc) is 3.14. The van der Waals surface area contributed by atoms with Crippen molar-refractivity contribution in [3.05, 3.63) is 12.2 Å². The molecule has 0 bridgehead atoms. The molecule has 4 saturated carbocycles. The van der Waals surface area contributed by atoms with Gasteiger partial charge < -0.3 is 9.68 Å². The standard InChI is InChI=1S/C42H70N2O4/c45-41(47-43-29-15-13-25-37(43)31-39(33-17-5-1-6-18-33)34-19-7-2-8-20-34)27-28-42(46)48-44-30-16-14-26-38(44)32-40(35-21-9-3-10-22-35)36-23-11-4-12-24-36/h27-28,33-40H,1-26,29-32H2/b28-27-. The molecule has 2 aliphatic heterocycles. The van der Waals surface area contributed by atoms with Gasteiger partial charge >= 0.3 is 11.9 Å². The van der Waals surface area contributed by atoms with Gasteiger partial charge in [0.05, 0.1) is 0 Å². The number of hydrogen-bond acceptors (Lipinski definition) is 6. The van der Waals surface area contributed by atoms with Crippen LogP contribution in [-0.4, -0.2) is 47.2 Å². The second kappa shape index (κ2) is 19.3. The maximum Gasteiger partial charge on any atom is 0.349 e. The molecule has 0 aromatic heterocycles. The molecule has 0 amide bonds. The molecule has 6 nitrogen and oxygen atoms in total. The lowest BCUT2D eigenvalue weighted by Crippen LogP contribution is -2.44. The molecule has 48 heavy (non-hydrogen) atoms. The first-order valence-electron chi connectivity index (χ1n) is 21.3. The number of hydrogen-bond donors (Lipinski definition) is 0. The van der Waals surface area contributed by atoms with Gasteiger partial charge in [-0.25, -0.2) is 9.59 Å². The summed E-state index contributed by atoms with van der Waals surface area (Å²) in [7, 11) is 0. The van der Waals surface area contributed by atoms with Gasteiger partial charge in [0.25, 0.3) is 0 Å². The Labute approximate surface area is 293 Å². The number of nitrogens with zero attached hydrogens (tertiary/aromatic N) is 2. The number of hydroxylamine groups is 4. The molecule has 0 N–H and O–H groups in total. The largest absolute Gasteiger partial charge is 0.364 e. The van der Waals surface area contributed by atoms with E-state index in [0.717, 1.165) is 87.1 Å². The van der Waals surface area contributed by atoms with E-state index >= 15 is 0 Å². The fourth-order valence-electron chi connectivity index (χ4n) is 11.5. The maximum atomic E-state index is 13.1. The SMILES string of the molecule is O=C(/C=C\C(=O)ON1CCCCC1CC(C1CCCCC1)C1CCCCC1)ON1CCCCC1CC(C1CCCCC1)C1CCCCC1. The highest BCUT2D eigenvalue weighted by Gasteiger charge is 2.38. The first-order chi connectivity index (χ1) is 23.6. The van der Waals surface area contributed by atoms with Crippen molar-refractivity contribution in [2.75, 3.05) is 13.1 Å². The molecule has 0 spiro atoms. The van der Waals surface area contributed by atoms with Crippen molar-refractivity contribution >= 4 is 11.9 Å². The summed E-state index contributed by atoms with van der Waals surface area (Å²) in [5.74, 6) is 4.02. The van der Waals surface area contributed by atoms with Gasteiger partial charge in [0, 0.05) is 37.3 Å². The van der Waals surface area contributed by atoms with Crippen LogP contribution < -0.4 is 0 Å². The first-order valence-corrected chi connectivity index (χ1v) is 21.3. The summed E-state index contributed by atoms with van der Waals surface area (Å²) in [6, 6.07) is 0.597. The Kier molecular flexibility index (Phi) is 14.6. The van der Waals surface area contributed by atoms with Gasteiger partial charge in [-0.1, -0.05) is 141 Å². The van der Waals surface area contributed by atoms with Crippen LogP contribution in [0.4, 0.5) is 0 Å². The van der Waals surface area contributed by atoms with Gasteiger partial charge in [-0.2, -0.15) is 0 Å². The Hall–Kier alpha value is -1.40. The summed E-state index contributed by atoms with van der Waals surface area (Å²) in [6.45, 7) is 1.60. The third-order valence-corrected chi connectivity index (χ3v) is 14.0. The maximum absolute atomic E-state index is 13.1. The quantitative estimate of drug-likeness (QED) is 0.193.